The van der Waals surface area contributed by atoms with Crippen LogP contribution in [0.1, 0.15) is 25.3 Å². The molecule has 0 aliphatic carbocycles. The average molecular weight is 389 g/mol. The summed E-state index contributed by atoms with van der Waals surface area (Å²) in [7, 11) is -3.75. The number of nitrogens with one attached hydrogen (secondary N) is 1. The maximum Gasteiger partial charge on any atom is 0.246 e. The zero-order valence-corrected chi connectivity index (χ0v) is 16.2. The van der Waals surface area contributed by atoms with Gasteiger partial charge in [-0.2, -0.15) is 4.31 Å². The van der Waals surface area contributed by atoms with Crippen LogP contribution < -0.4 is 10.1 Å². The van der Waals surface area contributed by atoms with Crippen LogP contribution in [0.2, 0.25) is 5.02 Å². The second-order valence-corrected chi connectivity index (χ2v) is 9.16. The third-order valence-electron chi connectivity index (χ3n) is 5.25. The van der Waals surface area contributed by atoms with Gasteiger partial charge in [-0.15, -0.1) is 0 Å². The Hall–Kier alpha value is -0.860. The van der Waals surface area contributed by atoms with Crippen LogP contribution in [0.25, 0.3) is 0 Å². The molecule has 2 atom stereocenters. The second-order valence-electron chi connectivity index (χ2n) is 6.85. The van der Waals surface area contributed by atoms with Gasteiger partial charge in [0.1, 0.15) is 10.6 Å². The fourth-order valence-electron chi connectivity index (χ4n) is 3.66. The van der Waals surface area contributed by atoms with Gasteiger partial charge in [0.2, 0.25) is 10.0 Å². The first-order chi connectivity index (χ1) is 11.8. The van der Waals surface area contributed by atoms with Gasteiger partial charge in [-0.1, -0.05) is 11.6 Å². The summed E-state index contributed by atoms with van der Waals surface area (Å²) in [4.78, 5) is 0.0964. The topological polar surface area (TPSA) is 78.9 Å². The molecule has 1 aromatic rings. The minimum absolute atomic E-state index is 0.0964. The van der Waals surface area contributed by atoms with Crippen LogP contribution >= 0.6 is 11.6 Å². The Kier molecular flexibility index (Phi) is 5.33. The number of sulfonamides is 1. The number of hydrogen-bond acceptors (Lipinski definition) is 5. The molecule has 2 heterocycles. The van der Waals surface area contributed by atoms with Crippen LogP contribution in [0.15, 0.2) is 17.0 Å². The molecule has 25 heavy (non-hydrogen) atoms. The van der Waals surface area contributed by atoms with Gasteiger partial charge < -0.3 is 15.2 Å². The summed E-state index contributed by atoms with van der Waals surface area (Å²) in [6.45, 7) is 5.98. The van der Waals surface area contributed by atoms with Gasteiger partial charge >= 0.3 is 0 Å². The summed E-state index contributed by atoms with van der Waals surface area (Å²) in [6, 6.07) is 3.14. The highest BCUT2D eigenvalue weighted by Gasteiger charge is 2.46. The molecule has 6 nitrogen and oxygen atoms in total. The van der Waals surface area contributed by atoms with E-state index in [1.165, 1.54) is 10.4 Å². The normalized spacial score (nSPS) is 27.8. The minimum Gasteiger partial charge on any atom is -0.492 e. The van der Waals surface area contributed by atoms with Crippen LogP contribution in [0, 0.1) is 12.8 Å². The molecule has 0 amide bonds. The number of aliphatic hydroxyl groups is 1. The molecule has 0 unspecified atom stereocenters. The van der Waals surface area contributed by atoms with Crippen LogP contribution in [0.5, 0.6) is 5.75 Å². The van der Waals surface area contributed by atoms with Crippen LogP contribution in [0.4, 0.5) is 0 Å². The van der Waals surface area contributed by atoms with E-state index in [9.17, 15) is 13.5 Å². The summed E-state index contributed by atoms with van der Waals surface area (Å²) in [5, 5.41) is 14.4. The Labute approximate surface area is 154 Å². The summed E-state index contributed by atoms with van der Waals surface area (Å²) in [5.74, 6) is 0.216. The van der Waals surface area contributed by atoms with Crippen molar-refractivity contribution in [1.82, 2.24) is 9.62 Å². The van der Waals surface area contributed by atoms with Gasteiger partial charge in [-0.05, 0) is 50.9 Å². The maximum absolute atomic E-state index is 13.2. The Bertz CT molecular complexity index is 755. The smallest absolute Gasteiger partial charge is 0.246 e. The third-order valence-corrected chi connectivity index (χ3v) is 7.54. The summed E-state index contributed by atoms with van der Waals surface area (Å²) in [6.07, 6.45) is 1.11. The molecule has 8 heteroatoms. The van der Waals surface area contributed by atoms with Crippen molar-refractivity contribution in [2.45, 2.75) is 37.2 Å². The number of aryl methyl sites for hydroxylation is 1. The van der Waals surface area contributed by atoms with Crippen molar-refractivity contribution < 1.29 is 18.3 Å². The predicted molar refractivity (Wildman–Crippen MR) is 96.7 cm³/mol. The molecule has 0 bridgehead atoms. The fourth-order valence-corrected chi connectivity index (χ4v) is 5.51. The van der Waals surface area contributed by atoms with Crippen LogP contribution in [-0.2, 0) is 10.0 Å². The van der Waals surface area contributed by atoms with E-state index in [1.54, 1.807) is 6.07 Å². The van der Waals surface area contributed by atoms with E-state index in [-0.39, 0.29) is 10.8 Å². The number of hydrogen-bond donors (Lipinski definition) is 2. The first kappa shape index (κ1) is 18.9. The highest BCUT2D eigenvalue weighted by molar-refractivity contribution is 7.89. The van der Waals surface area contributed by atoms with E-state index in [0.717, 1.165) is 12.1 Å². The van der Waals surface area contributed by atoms with Crippen molar-refractivity contribution in [3.63, 3.8) is 0 Å². The van der Waals surface area contributed by atoms with E-state index in [1.807, 2.05) is 13.8 Å². The number of fused-ring (bicyclic) bond motifs is 1. The molecule has 0 saturated carbocycles. The molecule has 3 rings (SSSR count). The minimum atomic E-state index is -3.75. The zero-order valence-electron chi connectivity index (χ0n) is 14.6. The zero-order chi connectivity index (χ0) is 18.2. The molecule has 0 spiro atoms. The molecular weight excluding hydrogens is 364 g/mol. The summed E-state index contributed by atoms with van der Waals surface area (Å²) >= 11 is 6.18. The first-order valence-electron chi connectivity index (χ1n) is 8.64. The largest absolute Gasteiger partial charge is 0.492 e. The highest BCUT2D eigenvalue weighted by atomic mass is 35.5. The molecule has 2 saturated heterocycles. The quantitative estimate of drug-likeness (QED) is 0.822. The van der Waals surface area contributed by atoms with Gasteiger partial charge in [0.25, 0.3) is 0 Å². The van der Waals surface area contributed by atoms with Crippen molar-refractivity contribution in [2.75, 3.05) is 32.8 Å². The van der Waals surface area contributed by atoms with Crippen LogP contribution in [0.3, 0.4) is 0 Å². The van der Waals surface area contributed by atoms with E-state index in [4.69, 9.17) is 16.3 Å². The average Bonchev–Trinajstić information content (AvgIpc) is 2.57. The standard InChI is InChI=1S/C17H25ClN2O4S/c1-3-24-15-8-12(2)14(18)9-16(15)25(22,23)20-7-5-17(21)4-6-19-10-13(17)11-20/h8-9,13,19,21H,3-7,10-11H2,1-2H3/t13-,17-/m0/s1. The van der Waals surface area contributed by atoms with E-state index < -0.39 is 15.6 Å². The van der Waals surface area contributed by atoms with Crippen LogP contribution in [-0.4, -0.2) is 56.2 Å². The number of piperidine rings is 2. The lowest BCUT2D eigenvalue weighted by Crippen LogP contribution is -2.59. The second kappa shape index (κ2) is 7.04. The number of rotatable bonds is 4. The van der Waals surface area contributed by atoms with E-state index >= 15 is 0 Å². The van der Waals surface area contributed by atoms with Gasteiger partial charge in [-0.25, -0.2) is 8.42 Å². The molecule has 1 aromatic carbocycles. The fraction of sp³-hybridized carbons (Fsp3) is 0.647. The van der Waals surface area contributed by atoms with Crippen molar-refractivity contribution in [3.05, 3.63) is 22.7 Å². The number of ether oxygens (including phenoxy) is 1. The van der Waals surface area contributed by atoms with Gasteiger partial charge in [0, 0.05) is 30.6 Å². The Morgan fingerprint density at radius 3 is 2.92 bits per heavy atom. The van der Waals surface area contributed by atoms with Crippen molar-refractivity contribution in [3.8, 4) is 5.75 Å². The number of halogens is 1. The number of nitrogens with zero attached hydrogens (tertiary/aromatic N) is 1. The Morgan fingerprint density at radius 2 is 2.20 bits per heavy atom. The molecule has 0 radical (unpaired) electrons. The first-order valence-corrected chi connectivity index (χ1v) is 10.5. The van der Waals surface area contributed by atoms with E-state index in [0.29, 0.717) is 49.9 Å². The third kappa shape index (κ3) is 3.53. The van der Waals surface area contributed by atoms with Crippen molar-refractivity contribution in [1.29, 1.82) is 0 Å². The molecule has 140 valence electrons. The molecule has 2 N–H and O–H groups in total. The Balaban J connectivity index is 1.93. The molecule has 2 fully saturated rings. The van der Waals surface area contributed by atoms with Gasteiger partial charge in [-0.3, -0.25) is 0 Å². The van der Waals surface area contributed by atoms with Gasteiger partial charge in [0.05, 0.1) is 12.2 Å². The van der Waals surface area contributed by atoms with Gasteiger partial charge in [0.15, 0.2) is 0 Å². The van der Waals surface area contributed by atoms with Crippen molar-refractivity contribution in [2.24, 2.45) is 5.92 Å². The SMILES string of the molecule is CCOc1cc(C)c(Cl)cc1S(=O)(=O)N1CC[C@@]2(O)CCNC[C@H]2C1. The molecule has 0 aromatic heterocycles. The summed E-state index contributed by atoms with van der Waals surface area (Å²) < 4.78 is 33.4. The molecule has 2 aliphatic rings. The van der Waals surface area contributed by atoms with E-state index in [2.05, 4.69) is 5.32 Å². The Morgan fingerprint density at radius 1 is 1.44 bits per heavy atom. The van der Waals surface area contributed by atoms with Crippen molar-refractivity contribution >= 4 is 21.6 Å². The lowest BCUT2D eigenvalue weighted by molar-refractivity contribution is -0.0744. The predicted octanol–water partition coefficient (Wildman–Crippen LogP) is 1.78. The molecule has 2 aliphatic heterocycles. The number of benzene rings is 1. The lowest BCUT2D eigenvalue weighted by atomic mass is 9.77. The summed E-state index contributed by atoms with van der Waals surface area (Å²) in [5.41, 5.74) is -0.00106. The lowest BCUT2D eigenvalue weighted by Gasteiger charge is -2.47. The monoisotopic (exact) mass is 388 g/mol. The maximum atomic E-state index is 13.2. The highest BCUT2D eigenvalue weighted by Crippen LogP contribution is 2.38. The molecular formula is C17H25ClN2O4S.